The SMILES string of the molecule is CC(C)(Oc1ccc(Cl)cc1)C(=O)N1CCC(CCNC(=O)CS)CC1. The number of thiol groups is 1. The van der Waals surface area contributed by atoms with Crippen LogP contribution in [0.15, 0.2) is 24.3 Å². The first-order valence-electron chi connectivity index (χ1n) is 8.93. The molecule has 0 radical (unpaired) electrons. The Morgan fingerprint density at radius 1 is 1.27 bits per heavy atom. The monoisotopic (exact) mass is 398 g/mol. The molecule has 144 valence electrons. The Hall–Kier alpha value is -1.40. The Bertz CT molecular complexity index is 614. The molecule has 5 nitrogen and oxygen atoms in total. The van der Waals surface area contributed by atoms with Crippen molar-refractivity contribution in [3.8, 4) is 5.75 Å². The van der Waals surface area contributed by atoms with Gasteiger partial charge in [0.05, 0.1) is 5.75 Å². The van der Waals surface area contributed by atoms with E-state index >= 15 is 0 Å². The normalized spacial score (nSPS) is 15.6. The molecule has 7 heteroatoms. The van der Waals surface area contributed by atoms with Gasteiger partial charge < -0.3 is 15.0 Å². The van der Waals surface area contributed by atoms with Gasteiger partial charge in [0.2, 0.25) is 5.91 Å². The summed E-state index contributed by atoms with van der Waals surface area (Å²) in [4.78, 5) is 25.9. The van der Waals surface area contributed by atoms with Gasteiger partial charge in [0, 0.05) is 24.7 Å². The van der Waals surface area contributed by atoms with Crippen LogP contribution in [0.25, 0.3) is 0 Å². The van der Waals surface area contributed by atoms with Gasteiger partial charge in [-0.2, -0.15) is 12.6 Å². The average Bonchev–Trinajstić information content (AvgIpc) is 2.63. The summed E-state index contributed by atoms with van der Waals surface area (Å²) >= 11 is 9.83. The summed E-state index contributed by atoms with van der Waals surface area (Å²) in [6.07, 6.45) is 2.82. The fraction of sp³-hybridized carbons (Fsp3) is 0.579. The molecule has 1 N–H and O–H groups in total. The highest BCUT2D eigenvalue weighted by Gasteiger charge is 2.35. The van der Waals surface area contributed by atoms with Gasteiger partial charge in [-0.15, -0.1) is 0 Å². The number of hydrogen-bond donors (Lipinski definition) is 2. The second-order valence-corrected chi connectivity index (χ2v) is 7.85. The summed E-state index contributed by atoms with van der Waals surface area (Å²) in [6.45, 7) is 5.70. The van der Waals surface area contributed by atoms with E-state index in [1.165, 1.54) is 0 Å². The maximum absolute atomic E-state index is 12.8. The number of rotatable bonds is 7. The van der Waals surface area contributed by atoms with E-state index in [2.05, 4.69) is 17.9 Å². The molecule has 0 bridgehead atoms. The quantitative estimate of drug-likeness (QED) is 0.693. The maximum atomic E-state index is 12.8. The summed E-state index contributed by atoms with van der Waals surface area (Å²) in [7, 11) is 0. The molecule has 1 aliphatic rings. The predicted octanol–water partition coefficient (Wildman–Crippen LogP) is 3.17. The van der Waals surface area contributed by atoms with Crippen LogP contribution < -0.4 is 10.1 Å². The van der Waals surface area contributed by atoms with Crippen LogP contribution in [0, 0.1) is 5.92 Å². The lowest BCUT2D eigenvalue weighted by Crippen LogP contribution is -2.51. The number of piperidine rings is 1. The number of carbonyl (C=O) groups excluding carboxylic acids is 2. The number of amides is 2. The first-order chi connectivity index (χ1) is 12.3. The molecule has 2 amide bonds. The lowest BCUT2D eigenvalue weighted by molar-refractivity contribution is -0.147. The summed E-state index contributed by atoms with van der Waals surface area (Å²) < 4.78 is 5.90. The largest absolute Gasteiger partial charge is 0.478 e. The first-order valence-corrected chi connectivity index (χ1v) is 9.94. The van der Waals surface area contributed by atoms with Crippen LogP contribution in [-0.2, 0) is 9.59 Å². The van der Waals surface area contributed by atoms with E-state index in [1.54, 1.807) is 38.1 Å². The van der Waals surface area contributed by atoms with E-state index in [0.717, 1.165) is 32.4 Å². The van der Waals surface area contributed by atoms with E-state index in [-0.39, 0.29) is 17.6 Å². The molecule has 1 aromatic carbocycles. The Morgan fingerprint density at radius 3 is 2.46 bits per heavy atom. The molecule has 0 unspecified atom stereocenters. The van der Waals surface area contributed by atoms with Crippen LogP contribution in [0.4, 0.5) is 0 Å². The molecule has 1 aliphatic heterocycles. The van der Waals surface area contributed by atoms with Crippen LogP contribution in [0.1, 0.15) is 33.1 Å². The van der Waals surface area contributed by atoms with Crippen molar-refractivity contribution in [2.75, 3.05) is 25.4 Å². The first kappa shape index (κ1) is 20.9. The number of likely N-dealkylation sites (tertiary alicyclic amines) is 1. The van der Waals surface area contributed by atoms with E-state index in [9.17, 15) is 9.59 Å². The van der Waals surface area contributed by atoms with Gasteiger partial charge in [-0.1, -0.05) is 11.6 Å². The zero-order valence-corrected chi connectivity index (χ0v) is 17.0. The number of hydrogen-bond acceptors (Lipinski definition) is 4. The van der Waals surface area contributed by atoms with Crippen molar-refractivity contribution in [3.05, 3.63) is 29.3 Å². The lowest BCUT2D eigenvalue weighted by atomic mass is 9.92. The number of nitrogens with one attached hydrogen (secondary N) is 1. The van der Waals surface area contributed by atoms with Crippen molar-refractivity contribution < 1.29 is 14.3 Å². The molecule has 0 aliphatic carbocycles. The van der Waals surface area contributed by atoms with E-state index in [0.29, 0.717) is 23.2 Å². The predicted molar refractivity (Wildman–Crippen MR) is 107 cm³/mol. The third-order valence-electron chi connectivity index (χ3n) is 4.62. The number of benzene rings is 1. The molecule has 1 aromatic rings. The fourth-order valence-corrected chi connectivity index (χ4v) is 3.36. The van der Waals surface area contributed by atoms with Gasteiger partial charge in [0.15, 0.2) is 5.60 Å². The van der Waals surface area contributed by atoms with Gasteiger partial charge in [0.1, 0.15) is 5.75 Å². The Morgan fingerprint density at radius 2 is 1.88 bits per heavy atom. The lowest BCUT2D eigenvalue weighted by Gasteiger charge is -2.37. The van der Waals surface area contributed by atoms with Gasteiger partial charge in [-0.25, -0.2) is 0 Å². The number of ether oxygens (including phenoxy) is 1. The second-order valence-electron chi connectivity index (χ2n) is 7.10. The average molecular weight is 399 g/mol. The molecule has 1 heterocycles. The van der Waals surface area contributed by atoms with Crippen LogP contribution in [0.5, 0.6) is 5.75 Å². The minimum Gasteiger partial charge on any atom is -0.478 e. The van der Waals surface area contributed by atoms with Crippen molar-refractivity contribution in [3.63, 3.8) is 0 Å². The smallest absolute Gasteiger partial charge is 0.266 e. The molecule has 0 aromatic heterocycles. The summed E-state index contributed by atoms with van der Waals surface area (Å²) in [5, 5.41) is 3.48. The maximum Gasteiger partial charge on any atom is 0.266 e. The van der Waals surface area contributed by atoms with E-state index < -0.39 is 5.60 Å². The number of halogens is 1. The Labute approximate surface area is 165 Å². The van der Waals surface area contributed by atoms with E-state index in [4.69, 9.17) is 16.3 Å². The molecular weight excluding hydrogens is 372 g/mol. The molecule has 1 fully saturated rings. The highest BCUT2D eigenvalue weighted by Crippen LogP contribution is 2.26. The fourth-order valence-electron chi connectivity index (χ4n) is 3.12. The Balaban J connectivity index is 1.81. The molecule has 0 atom stereocenters. The van der Waals surface area contributed by atoms with Crippen LogP contribution in [-0.4, -0.2) is 47.7 Å². The van der Waals surface area contributed by atoms with Crippen molar-refractivity contribution in [1.82, 2.24) is 10.2 Å². The molecular formula is C19H27ClN2O3S. The third-order valence-corrected chi connectivity index (χ3v) is 5.16. The second kappa shape index (κ2) is 9.51. The molecule has 0 spiro atoms. The van der Waals surface area contributed by atoms with Gasteiger partial charge in [-0.3, -0.25) is 9.59 Å². The number of carbonyl (C=O) groups is 2. The minimum absolute atomic E-state index is 0.00530. The van der Waals surface area contributed by atoms with Gasteiger partial charge in [0.25, 0.3) is 5.91 Å². The molecule has 26 heavy (non-hydrogen) atoms. The topological polar surface area (TPSA) is 58.6 Å². The van der Waals surface area contributed by atoms with Crippen molar-refractivity contribution in [2.24, 2.45) is 5.92 Å². The third kappa shape index (κ3) is 6.09. The van der Waals surface area contributed by atoms with Gasteiger partial charge >= 0.3 is 0 Å². The summed E-state index contributed by atoms with van der Waals surface area (Å²) in [5.74, 6) is 1.33. The van der Waals surface area contributed by atoms with Crippen molar-refractivity contribution >= 4 is 36.0 Å². The summed E-state index contributed by atoms with van der Waals surface area (Å²) in [5.41, 5.74) is -0.929. The van der Waals surface area contributed by atoms with Crippen LogP contribution in [0.3, 0.4) is 0 Å². The van der Waals surface area contributed by atoms with E-state index in [1.807, 2.05) is 4.90 Å². The van der Waals surface area contributed by atoms with Crippen LogP contribution in [0.2, 0.25) is 5.02 Å². The minimum atomic E-state index is -0.929. The highest BCUT2D eigenvalue weighted by molar-refractivity contribution is 7.81. The van der Waals surface area contributed by atoms with Gasteiger partial charge in [-0.05, 0) is 63.3 Å². The van der Waals surface area contributed by atoms with Crippen LogP contribution >= 0.6 is 24.2 Å². The Kier molecular flexibility index (Phi) is 7.65. The zero-order valence-electron chi connectivity index (χ0n) is 15.3. The standard InChI is InChI=1S/C19H27ClN2O3S/c1-19(2,25-16-5-3-15(20)4-6-16)18(24)22-11-8-14(9-12-22)7-10-21-17(23)13-26/h3-6,14,26H,7-13H2,1-2H3,(H,21,23). The molecule has 2 rings (SSSR count). The zero-order chi connectivity index (χ0) is 19.2. The molecule has 1 saturated heterocycles. The highest BCUT2D eigenvalue weighted by atomic mass is 35.5. The summed E-state index contributed by atoms with van der Waals surface area (Å²) in [6, 6.07) is 7.02. The van der Waals surface area contributed by atoms with Crippen molar-refractivity contribution in [1.29, 1.82) is 0 Å². The molecule has 0 saturated carbocycles. The van der Waals surface area contributed by atoms with Crippen molar-refractivity contribution in [2.45, 2.75) is 38.7 Å². The number of nitrogens with zero attached hydrogens (tertiary/aromatic N) is 1.